The summed E-state index contributed by atoms with van der Waals surface area (Å²) in [5.74, 6) is -0.266. The highest BCUT2D eigenvalue weighted by Crippen LogP contribution is 2.33. The molecule has 0 aromatic heterocycles. The second-order valence-corrected chi connectivity index (χ2v) is 4.62. The van der Waals surface area contributed by atoms with Crippen LogP contribution < -0.4 is 16.4 Å². The van der Waals surface area contributed by atoms with Gasteiger partial charge in [0.25, 0.3) is 0 Å². The summed E-state index contributed by atoms with van der Waals surface area (Å²) in [7, 11) is 1.59. The summed E-state index contributed by atoms with van der Waals surface area (Å²) < 4.78 is 0. The fourth-order valence-electron chi connectivity index (χ4n) is 1.67. The molecule has 0 spiro atoms. The van der Waals surface area contributed by atoms with Crippen LogP contribution >= 0.6 is 0 Å². The average molecular weight is 247 g/mol. The zero-order valence-electron chi connectivity index (χ0n) is 10.3. The molecule has 4 N–H and O–H groups in total. The van der Waals surface area contributed by atoms with Crippen molar-refractivity contribution in [2.24, 2.45) is 5.73 Å². The first-order valence-corrected chi connectivity index (χ1v) is 5.94. The summed E-state index contributed by atoms with van der Waals surface area (Å²) in [5.41, 5.74) is 6.56. The molecule has 0 bridgehead atoms. The molecular formula is C13H17N3O2. The summed E-state index contributed by atoms with van der Waals surface area (Å²) in [6, 6.07) is 7.26. The lowest BCUT2D eigenvalue weighted by Gasteiger charge is -2.13. The third-order valence-corrected chi connectivity index (χ3v) is 3.14. The topological polar surface area (TPSA) is 84.2 Å². The van der Waals surface area contributed by atoms with Crippen molar-refractivity contribution in [2.45, 2.75) is 24.8 Å². The number of hydrogen-bond donors (Lipinski definition) is 3. The summed E-state index contributed by atoms with van der Waals surface area (Å²) in [4.78, 5) is 23.2. The van der Waals surface area contributed by atoms with Crippen molar-refractivity contribution in [3.8, 4) is 0 Å². The van der Waals surface area contributed by atoms with E-state index in [4.69, 9.17) is 5.73 Å². The first kappa shape index (κ1) is 12.6. The number of carbonyl (C=O) groups is 2. The number of rotatable bonds is 4. The number of para-hydroxylation sites is 1. The molecular weight excluding hydrogens is 230 g/mol. The molecule has 1 aromatic rings. The molecule has 5 heteroatoms. The Morgan fingerprint density at radius 1 is 1.33 bits per heavy atom. The lowest BCUT2D eigenvalue weighted by molar-refractivity contribution is -0.120. The van der Waals surface area contributed by atoms with Crippen LogP contribution in [-0.2, 0) is 16.0 Å². The molecule has 5 nitrogen and oxygen atoms in total. The van der Waals surface area contributed by atoms with Crippen molar-refractivity contribution in [2.75, 3.05) is 12.4 Å². The van der Waals surface area contributed by atoms with Gasteiger partial charge in [0.2, 0.25) is 11.8 Å². The number of carbonyl (C=O) groups excluding carboxylic acids is 2. The summed E-state index contributed by atoms with van der Waals surface area (Å²) >= 11 is 0. The third-order valence-electron chi connectivity index (χ3n) is 3.14. The second-order valence-electron chi connectivity index (χ2n) is 4.62. The lowest BCUT2D eigenvalue weighted by Crippen LogP contribution is -2.38. The number of hydrogen-bond acceptors (Lipinski definition) is 3. The molecule has 1 aromatic carbocycles. The van der Waals surface area contributed by atoms with Gasteiger partial charge in [-0.2, -0.15) is 0 Å². The van der Waals surface area contributed by atoms with Crippen molar-refractivity contribution in [1.29, 1.82) is 0 Å². The number of nitrogens with one attached hydrogen (secondary N) is 2. The molecule has 2 amide bonds. The van der Waals surface area contributed by atoms with Crippen LogP contribution in [0.1, 0.15) is 18.4 Å². The number of benzene rings is 1. The fourth-order valence-corrected chi connectivity index (χ4v) is 1.67. The van der Waals surface area contributed by atoms with E-state index in [0.717, 1.165) is 18.4 Å². The van der Waals surface area contributed by atoms with Gasteiger partial charge in [0.15, 0.2) is 0 Å². The van der Waals surface area contributed by atoms with Gasteiger partial charge < -0.3 is 16.4 Å². The molecule has 96 valence electrons. The standard InChI is InChI=1S/C13H17N3O2/c1-15-11(17)8-9-4-2-3-5-10(9)16-12(18)13(14)6-7-13/h2-5H,6-8,14H2,1H3,(H,15,17)(H,16,18). The smallest absolute Gasteiger partial charge is 0.244 e. The SMILES string of the molecule is CNC(=O)Cc1ccccc1NC(=O)C1(N)CC1. The van der Waals surface area contributed by atoms with Crippen molar-refractivity contribution >= 4 is 17.5 Å². The lowest BCUT2D eigenvalue weighted by atomic mass is 10.1. The fraction of sp³-hybridized carbons (Fsp3) is 0.385. The van der Waals surface area contributed by atoms with E-state index in [0.29, 0.717) is 5.69 Å². The van der Waals surface area contributed by atoms with Gasteiger partial charge in [0.05, 0.1) is 12.0 Å². The molecule has 0 saturated heterocycles. The maximum absolute atomic E-state index is 11.9. The predicted octanol–water partition coefficient (Wildman–Crippen LogP) is 0.405. The van der Waals surface area contributed by atoms with Crippen LogP contribution in [0.3, 0.4) is 0 Å². The molecule has 1 aliphatic carbocycles. The molecule has 0 atom stereocenters. The molecule has 0 unspecified atom stereocenters. The highest BCUT2D eigenvalue weighted by molar-refractivity contribution is 6.00. The first-order valence-electron chi connectivity index (χ1n) is 5.94. The number of nitrogens with two attached hydrogens (primary N) is 1. The van der Waals surface area contributed by atoms with Crippen LogP contribution in [-0.4, -0.2) is 24.4 Å². The van der Waals surface area contributed by atoms with Crippen LogP contribution in [0, 0.1) is 0 Å². The van der Waals surface area contributed by atoms with Gasteiger partial charge in [0, 0.05) is 12.7 Å². The second kappa shape index (κ2) is 4.78. The quantitative estimate of drug-likeness (QED) is 0.720. The Morgan fingerprint density at radius 3 is 2.61 bits per heavy atom. The molecule has 18 heavy (non-hydrogen) atoms. The van der Waals surface area contributed by atoms with E-state index in [9.17, 15) is 9.59 Å². The van der Waals surface area contributed by atoms with Crippen LogP contribution in [0.5, 0.6) is 0 Å². The minimum absolute atomic E-state index is 0.0921. The summed E-state index contributed by atoms with van der Waals surface area (Å²) in [5, 5.41) is 5.36. The van der Waals surface area contributed by atoms with E-state index in [1.807, 2.05) is 18.2 Å². The van der Waals surface area contributed by atoms with Crippen molar-refractivity contribution < 1.29 is 9.59 Å². The van der Waals surface area contributed by atoms with Gasteiger partial charge in [0.1, 0.15) is 0 Å². The highest BCUT2D eigenvalue weighted by atomic mass is 16.2. The van der Waals surface area contributed by atoms with Gasteiger partial charge in [-0.25, -0.2) is 0 Å². The molecule has 1 aliphatic rings. The zero-order valence-corrected chi connectivity index (χ0v) is 10.3. The number of amides is 2. The Morgan fingerprint density at radius 2 is 2.00 bits per heavy atom. The van der Waals surface area contributed by atoms with Crippen LogP contribution in [0.25, 0.3) is 0 Å². The monoisotopic (exact) mass is 247 g/mol. The van der Waals surface area contributed by atoms with Crippen LogP contribution in [0.2, 0.25) is 0 Å². The van der Waals surface area contributed by atoms with E-state index in [2.05, 4.69) is 10.6 Å². The molecule has 1 fully saturated rings. The average Bonchev–Trinajstić information content (AvgIpc) is 3.11. The van der Waals surface area contributed by atoms with Gasteiger partial charge in [-0.1, -0.05) is 18.2 Å². The molecule has 0 heterocycles. The highest BCUT2D eigenvalue weighted by Gasteiger charge is 2.46. The largest absolute Gasteiger partial charge is 0.359 e. The van der Waals surface area contributed by atoms with Crippen molar-refractivity contribution in [3.05, 3.63) is 29.8 Å². The summed E-state index contributed by atoms with van der Waals surface area (Å²) in [6.07, 6.45) is 1.68. The Hall–Kier alpha value is -1.88. The van der Waals surface area contributed by atoms with Gasteiger partial charge in [-0.3, -0.25) is 9.59 Å². The Balaban J connectivity index is 2.12. The normalized spacial score (nSPS) is 15.9. The first-order chi connectivity index (χ1) is 8.55. The minimum atomic E-state index is -0.708. The predicted molar refractivity (Wildman–Crippen MR) is 69.0 cm³/mol. The van der Waals surface area contributed by atoms with Gasteiger partial charge in [-0.15, -0.1) is 0 Å². The van der Waals surface area contributed by atoms with E-state index < -0.39 is 5.54 Å². The Bertz CT molecular complexity index is 481. The number of likely N-dealkylation sites (N-methyl/N-ethyl adjacent to an activating group) is 1. The zero-order chi connectivity index (χ0) is 13.2. The molecule has 1 saturated carbocycles. The molecule has 0 aliphatic heterocycles. The van der Waals surface area contributed by atoms with E-state index >= 15 is 0 Å². The van der Waals surface area contributed by atoms with Crippen LogP contribution in [0.15, 0.2) is 24.3 Å². The minimum Gasteiger partial charge on any atom is -0.359 e. The summed E-state index contributed by atoms with van der Waals surface area (Å²) in [6.45, 7) is 0. The number of anilines is 1. The van der Waals surface area contributed by atoms with Crippen LogP contribution in [0.4, 0.5) is 5.69 Å². The molecule has 0 radical (unpaired) electrons. The third kappa shape index (κ3) is 2.68. The van der Waals surface area contributed by atoms with Crippen molar-refractivity contribution in [1.82, 2.24) is 5.32 Å². The van der Waals surface area contributed by atoms with E-state index in [1.54, 1.807) is 13.1 Å². The Kier molecular flexibility index (Phi) is 3.34. The molecule has 2 rings (SSSR count). The van der Waals surface area contributed by atoms with E-state index in [1.165, 1.54) is 0 Å². The van der Waals surface area contributed by atoms with E-state index in [-0.39, 0.29) is 18.2 Å². The van der Waals surface area contributed by atoms with Crippen molar-refractivity contribution in [3.63, 3.8) is 0 Å². The Labute approximate surface area is 106 Å². The van der Waals surface area contributed by atoms with Gasteiger partial charge >= 0.3 is 0 Å². The maximum Gasteiger partial charge on any atom is 0.244 e. The van der Waals surface area contributed by atoms with Gasteiger partial charge in [-0.05, 0) is 24.5 Å². The maximum atomic E-state index is 11.9.